The van der Waals surface area contributed by atoms with Crippen molar-refractivity contribution in [2.24, 2.45) is 0 Å². The lowest BCUT2D eigenvalue weighted by atomic mass is 10.2. The van der Waals surface area contributed by atoms with Gasteiger partial charge in [-0.25, -0.2) is 0 Å². The van der Waals surface area contributed by atoms with E-state index in [4.69, 9.17) is 17.0 Å². The predicted octanol–water partition coefficient (Wildman–Crippen LogP) is 5.35. The van der Waals surface area contributed by atoms with E-state index in [-0.39, 0.29) is 11.0 Å². The summed E-state index contributed by atoms with van der Waals surface area (Å²) in [6.45, 7) is 2.06. The number of hydrogen-bond acceptors (Lipinski definition) is 4. The molecule has 3 rings (SSSR count). The van der Waals surface area contributed by atoms with E-state index in [2.05, 4.69) is 53.5 Å². The van der Waals surface area contributed by atoms with Gasteiger partial charge in [0.2, 0.25) is 5.91 Å². The van der Waals surface area contributed by atoms with Gasteiger partial charge in [-0.3, -0.25) is 10.1 Å². The van der Waals surface area contributed by atoms with Gasteiger partial charge in [0.25, 0.3) is 0 Å². The first-order valence-corrected chi connectivity index (χ1v) is 11.1. The monoisotopic (exact) mass is 537 g/mol. The molecule has 1 heterocycles. The third-order valence-electron chi connectivity index (χ3n) is 4.49. The van der Waals surface area contributed by atoms with Crippen molar-refractivity contribution in [2.75, 3.05) is 30.4 Å². The van der Waals surface area contributed by atoms with Crippen molar-refractivity contribution in [1.82, 2.24) is 5.32 Å². The minimum Gasteiger partial charge on any atom is -0.495 e. The van der Waals surface area contributed by atoms with Gasteiger partial charge < -0.3 is 15.0 Å². The lowest BCUT2D eigenvalue weighted by Gasteiger charge is -2.22. The van der Waals surface area contributed by atoms with Crippen molar-refractivity contribution >= 4 is 72.5 Å². The fourth-order valence-electron chi connectivity index (χ4n) is 3.21. The summed E-state index contributed by atoms with van der Waals surface area (Å²) in [6, 6.07) is 11.7. The molecule has 29 heavy (non-hydrogen) atoms. The Labute approximate surface area is 192 Å². The maximum absolute atomic E-state index is 12.3. The molecule has 1 saturated heterocycles. The Balaban J connectivity index is 1.65. The summed E-state index contributed by atoms with van der Waals surface area (Å²) < 4.78 is 7.06. The summed E-state index contributed by atoms with van der Waals surface area (Å²) in [6.07, 6.45) is 5.49. The molecule has 2 aromatic carbocycles. The first-order chi connectivity index (χ1) is 14.0. The molecule has 0 aliphatic carbocycles. The maximum atomic E-state index is 12.3. The Morgan fingerprint density at radius 2 is 1.93 bits per heavy atom. The first kappa shape index (κ1) is 21.8. The van der Waals surface area contributed by atoms with Gasteiger partial charge in [-0.15, -0.1) is 0 Å². The van der Waals surface area contributed by atoms with Crippen molar-refractivity contribution in [2.45, 2.75) is 12.8 Å². The topological polar surface area (TPSA) is 53.6 Å². The predicted molar refractivity (Wildman–Crippen MR) is 130 cm³/mol. The van der Waals surface area contributed by atoms with Crippen molar-refractivity contribution in [1.29, 1.82) is 0 Å². The highest BCUT2D eigenvalue weighted by Crippen LogP contribution is 2.33. The Morgan fingerprint density at radius 1 is 1.21 bits per heavy atom. The van der Waals surface area contributed by atoms with Gasteiger partial charge in [-0.2, -0.15) is 0 Å². The van der Waals surface area contributed by atoms with Crippen molar-refractivity contribution < 1.29 is 9.53 Å². The first-order valence-electron chi connectivity index (χ1n) is 9.15. The second-order valence-corrected chi connectivity index (χ2v) is 8.68. The fraction of sp³-hybridized carbons (Fsp3) is 0.238. The lowest BCUT2D eigenvalue weighted by molar-refractivity contribution is -0.115. The van der Waals surface area contributed by atoms with Gasteiger partial charge in [-0.05, 0) is 71.3 Å². The minimum atomic E-state index is -0.320. The van der Waals surface area contributed by atoms with Crippen LogP contribution in [-0.2, 0) is 4.79 Å². The lowest BCUT2D eigenvalue weighted by Crippen LogP contribution is -2.33. The third-order valence-corrected chi connectivity index (χ3v) is 5.74. The molecule has 2 aromatic rings. The van der Waals surface area contributed by atoms with Crippen LogP contribution in [0.4, 0.5) is 11.4 Å². The molecule has 1 aliphatic rings. The molecule has 0 bridgehead atoms. The molecule has 1 fully saturated rings. The highest BCUT2D eigenvalue weighted by Gasteiger charge is 2.16. The molecule has 1 amide bonds. The Hall–Kier alpha value is -1.90. The number of carbonyl (C=O) groups excluding carboxylic acids is 1. The van der Waals surface area contributed by atoms with Crippen molar-refractivity contribution in [3.05, 3.63) is 57.0 Å². The largest absolute Gasteiger partial charge is 0.495 e. The maximum Gasteiger partial charge on any atom is 0.250 e. The summed E-state index contributed by atoms with van der Waals surface area (Å²) >= 11 is 12.2. The summed E-state index contributed by atoms with van der Waals surface area (Å²) in [4.78, 5) is 14.7. The SMILES string of the molecule is COc1c(Br)cc(Br)cc1/C=C/C(=O)NC(=S)Nc1ccccc1N1CCCC1. The number of thiocarbonyl (C=S) groups is 1. The van der Waals surface area contributed by atoms with Crippen LogP contribution in [0.1, 0.15) is 18.4 Å². The van der Waals surface area contributed by atoms with Crippen LogP contribution in [0, 0.1) is 0 Å². The van der Waals surface area contributed by atoms with Gasteiger partial charge in [-0.1, -0.05) is 28.1 Å². The Morgan fingerprint density at radius 3 is 2.66 bits per heavy atom. The van der Waals surface area contributed by atoms with E-state index in [0.717, 1.165) is 39.0 Å². The van der Waals surface area contributed by atoms with Crippen molar-refractivity contribution in [3.8, 4) is 5.75 Å². The van der Waals surface area contributed by atoms with Crippen LogP contribution in [0.2, 0.25) is 0 Å². The number of amides is 1. The van der Waals surface area contributed by atoms with Gasteiger partial charge >= 0.3 is 0 Å². The molecule has 0 aromatic heterocycles. The zero-order chi connectivity index (χ0) is 20.8. The van der Waals surface area contributed by atoms with E-state index < -0.39 is 0 Å². The number of benzene rings is 2. The molecule has 0 unspecified atom stereocenters. The molecule has 5 nitrogen and oxygen atoms in total. The highest BCUT2D eigenvalue weighted by atomic mass is 79.9. The number of carbonyl (C=O) groups is 1. The summed E-state index contributed by atoms with van der Waals surface area (Å²) in [5.74, 6) is 0.330. The van der Waals surface area contributed by atoms with Crippen LogP contribution in [0.15, 0.2) is 51.4 Å². The van der Waals surface area contributed by atoms with Crippen LogP contribution >= 0.6 is 44.1 Å². The quantitative estimate of drug-likeness (QED) is 0.397. The highest BCUT2D eigenvalue weighted by molar-refractivity contribution is 9.11. The van der Waals surface area contributed by atoms with E-state index in [0.29, 0.717) is 5.75 Å². The average molecular weight is 539 g/mol. The molecule has 152 valence electrons. The molecule has 1 aliphatic heterocycles. The van der Waals surface area contributed by atoms with E-state index in [1.54, 1.807) is 13.2 Å². The number of rotatable bonds is 5. The molecule has 8 heteroatoms. The van der Waals surface area contributed by atoms with E-state index in [9.17, 15) is 4.79 Å². The zero-order valence-corrected chi connectivity index (χ0v) is 19.9. The summed E-state index contributed by atoms with van der Waals surface area (Å²) in [5.41, 5.74) is 2.75. The molecule has 0 radical (unpaired) electrons. The van der Waals surface area contributed by atoms with Crippen LogP contribution in [0.3, 0.4) is 0 Å². The molecular formula is C21H21Br2N3O2S. The van der Waals surface area contributed by atoms with Gasteiger partial charge in [0.1, 0.15) is 5.75 Å². The van der Waals surface area contributed by atoms with Crippen LogP contribution in [0.25, 0.3) is 6.08 Å². The molecule has 0 spiro atoms. The molecule has 0 saturated carbocycles. The van der Waals surface area contributed by atoms with E-state index >= 15 is 0 Å². The Kier molecular flexibility index (Phi) is 7.69. The standard InChI is InChI=1S/C21H21Br2N3O2S/c1-28-20-14(12-15(22)13-16(20)23)8-9-19(27)25-21(29)24-17-6-2-3-7-18(17)26-10-4-5-11-26/h2-3,6-9,12-13H,4-5,10-11H2,1H3,(H2,24,25,27,29)/b9-8+. The number of halogens is 2. The zero-order valence-electron chi connectivity index (χ0n) is 15.9. The van der Waals surface area contributed by atoms with Crippen LogP contribution < -0.4 is 20.3 Å². The number of ether oxygens (including phenoxy) is 1. The molecule has 2 N–H and O–H groups in total. The molecule has 0 atom stereocenters. The number of hydrogen-bond donors (Lipinski definition) is 2. The number of nitrogens with one attached hydrogen (secondary N) is 2. The smallest absolute Gasteiger partial charge is 0.250 e. The van der Waals surface area contributed by atoms with Gasteiger partial charge in [0.15, 0.2) is 5.11 Å². The number of para-hydroxylation sites is 2. The number of nitrogens with zero attached hydrogens (tertiary/aromatic N) is 1. The normalized spacial score (nSPS) is 13.6. The van der Waals surface area contributed by atoms with Crippen molar-refractivity contribution in [3.63, 3.8) is 0 Å². The van der Waals surface area contributed by atoms with Crippen LogP contribution in [-0.4, -0.2) is 31.2 Å². The van der Waals surface area contributed by atoms with E-state index in [1.165, 1.54) is 18.9 Å². The second kappa shape index (κ2) is 10.2. The minimum absolute atomic E-state index is 0.258. The summed E-state index contributed by atoms with van der Waals surface area (Å²) in [5, 5.41) is 6.09. The van der Waals surface area contributed by atoms with E-state index in [1.807, 2.05) is 30.3 Å². The summed E-state index contributed by atoms with van der Waals surface area (Å²) in [7, 11) is 1.59. The van der Waals surface area contributed by atoms with Gasteiger partial charge in [0, 0.05) is 29.2 Å². The average Bonchev–Trinajstić information content (AvgIpc) is 3.21. The third kappa shape index (κ3) is 5.81. The fourth-order valence-corrected chi connectivity index (χ4v) is 4.84. The number of anilines is 2. The number of methoxy groups -OCH3 is 1. The van der Waals surface area contributed by atoms with Crippen LogP contribution in [0.5, 0.6) is 5.75 Å². The van der Waals surface area contributed by atoms with Gasteiger partial charge in [0.05, 0.1) is 23.0 Å². The molecular weight excluding hydrogens is 518 g/mol. The second-order valence-electron chi connectivity index (χ2n) is 6.50. The Bertz CT molecular complexity index is 944.